The molecule has 10 nitrogen and oxygen atoms in total. The van der Waals surface area contributed by atoms with Gasteiger partial charge in [-0.25, -0.2) is 18.7 Å². The van der Waals surface area contributed by atoms with Crippen LogP contribution in [0, 0.1) is 17.6 Å². The van der Waals surface area contributed by atoms with Crippen molar-refractivity contribution >= 4 is 34.7 Å². The van der Waals surface area contributed by atoms with Crippen LogP contribution in [0.2, 0.25) is 0 Å². The van der Waals surface area contributed by atoms with E-state index in [0.29, 0.717) is 36.2 Å². The average molecular weight is 584 g/mol. The molecule has 2 fully saturated rings. The number of nitrogens with zero attached hydrogens (tertiary/aromatic N) is 6. The van der Waals surface area contributed by atoms with Crippen LogP contribution in [0.25, 0.3) is 11.2 Å². The number of benzene rings is 1. The van der Waals surface area contributed by atoms with Crippen LogP contribution < -0.4 is 16.4 Å². The second-order valence-corrected chi connectivity index (χ2v) is 11.9. The average Bonchev–Trinajstić information content (AvgIpc) is 3.33. The van der Waals surface area contributed by atoms with Gasteiger partial charge in [0.25, 0.3) is 0 Å². The summed E-state index contributed by atoms with van der Waals surface area (Å²) in [5.41, 5.74) is 7.43. The smallest absolute Gasteiger partial charge is 0.225 e. The molecule has 0 saturated heterocycles. The number of anilines is 3. The number of imidazole rings is 1. The highest BCUT2D eigenvalue weighted by Crippen LogP contribution is 2.38. The van der Waals surface area contributed by atoms with Crippen LogP contribution in [0.3, 0.4) is 0 Å². The monoisotopic (exact) mass is 583 g/mol. The highest BCUT2D eigenvalue weighted by Gasteiger charge is 2.32. The first-order valence-electron chi connectivity index (χ1n) is 15.1. The topological polar surface area (TPSA) is 117 Å². The predicted molar refractivity (Wildman–Crippen MR) is 161 cm³/mol. The standard InChI is InChI=1S/C30H43F2N9O/c1-4-40(16-15-39(2)3)28(42)19-5-12-23(13-6-19)41-27-26(37-30(41)36-25-14-7-20(31)17-24(25)32)18-34-29(38-27)35-22-10-8-21(33)9-11-22/h7,14,17-19,21-23H,4-6,8-13,15-16,33H2,1-3H3,(H,36,37)(H,34,35,38)/t19-,21-,22-,23+. The van der Waals surface area contributed by atoms with Crippen LogP contribution in [0.5, 0.6) is 0 Å². The van der Waals surface area contributed by atoms with Crippen LogP contribution in [0.4, 0.5) is 26.4 Å². The quantitative estimate of drug-likeness (QED) is 0.315. The maximum atomic E-state index is 14.6. The number of nitrogens with one attached hydrogen (secondary N) is 2. The lowest BCUT2D eigenvalue weighted by Gasteiger charge is -2.33. The summed E-state index contributed by atoms with van der Waals surface area (Å²) in [5.74, 6) is -0.237. The van der Waals surface area contributed by atoms with Gasteiger partial charge in [-0.3, -0.25) is 9.36 Å². The van der Waals surface area contributed by atoms with Gasteiger partial charge < -0.3 is 26.2 Å². The van der Waals surface area contributed by atoms with Crippen LogP contribution in [-0.2, 0) is 4.79 Å². The summed E-state index contributed by atoms with van der Waals surface area (Å²) < 4.78 is 30.3. The lowest BCUT2D eigenvalue weighted by Crippen LogP contribution is -2.41. The molecular weight excluding hydrogens is 540 g/mol. The van der Waals surface area contributed by atoms with Gasteiger partial charge in [-0.1, -0.05) is 0 Å². The zero-order valence-corrected chi connectivity index (χ0v) is 24.8. The van der Waals surface area contributed by atoms with E-state index in [9.17, 15) is 13.6 Å². The Kier molecular flexibility index (Phi) is 9.52. The summed E-state index contributed by atoms with van der Waals surface area (Å²) in [5, 5.41) is 6.54. The first-order valence-corrected chi connectivity index (χ1v) is 15.1. The molecule has 0 spiro atoms. The van der Waals surface area contributed by atoms with Crippen molar-refractivity contribution in [2.75, 3.05) is 44.4 Å². The zero-order chi connectivity index (χ0) is 29.8. The van der Waals surface area contributed by atoms with Crippen LogP contribution >= 0.6 is 0 Å². The largest absolute Gasteiger partial charge is 0.351 e. The Morgan fingerprint density at radius 3 is 2.45 bits per heavy atom. The Morgan fingerprint density at radius 2 is 1.79 bits per heavy atom. The lowest BCUT2D eigenvalue weighted by atomic mass is 9.85. The maximum Gasteiger partial charge on any atom is 0.225 e. The van der Waals surface area contributed by atoms with E-state index in [4.69, 9.17) is 15.7 Å². The van der Waals surface area contributed by atoms with E-state index in [1.54, 1.807) is 6.20 Å². The summed E-state index contributed by atoms with van der Waals surface area (Å²) in [6, 6.07) is 3.91. The van der Waals surface area contributed by atoms with Crippen molar-refractivity contribution in [1.29, 1.82) is 0 Å². The molecule has 4 N–H and O–H groups in total. The second kappa shape index (κ2) is 13.3. The number of fused-ring (bicyclic) bond motifs is 1. The van der Waals surface area contributed by atoms with Gasteiger partial charge in [0, 0.05) is 49.7 Å². The van der Waals surface area contributed by atoms with E-state index in [1.165, 1.54) is 12.1 Å². The molecule has 1 aromatic carbocycles. The Bertz CT molecular complexity index is 1360. The van der Waals surface area contributed by atoms with Gasteiger partial charge in [-0.15, -0.1) is 0 Å². The van der Waals surface area contributed by atoms with Gasteiger partial charge >= 0.3 is 0 Å². The fourth-order valence-corrected chi connectivity index (χ4v) is 6.14. The van der Waals surface area contributed by atoms with E-state index in [0.717, 1.165) is 64.0 Å². The third-order valence-electron chi connectivity index (χ3n) is 8.64. The maximum absolute atomic E-state index is 14.6. The second-order valence-electron chi connectivity index (χ2n) is 11.9. The molecule has 1 amide bonds. The molecule has 3 aromatic rings. The lowest BCUT2D eigenvalue weighted by molar-refractivity contribution is -0.136. The van der Waals surface area contributed by atoms with Gasteiger partial charge in [-0.05, 0) is 84.5 Å². The van der Waals surface area contributed by atoms with E-state index in [1.807, 2.05) is 30.5 Å². The molecule has 0 aliphatic heterocycles. The van der Waals surface area contributed by atoms with Crippen molar-refractivity contribution in [3.8, 4) is 0 Å². The van der Waals surface area contributed by atoms with Crippen molar-refractivity contribution in [1.82, 2.24) is 29.3 Å². The molecule has 0 bridgehead atoms. The molecule has 228 valence electrons. The van der Waals surface area contributed by atoms with Gasteiger partial charge in [-0.2, -0.15) is 4.98 Å². The molecule has 42 heavy (non-hydrogen) atoms. The molecule has 0 unspecified atom stereocenters. The molecule has 5 rings (SSSR count). The number of carbonyl (C=O) groups excluding carboxylic acids is 1. The highest BCUT2D eigenvalue weighted by atomic mass is 19.1. The van der Waals surface area contributed by atoms with E-state index < -0.39 is 11.6 Å². The SMILES string of the molecule is CCN(CCN(C)C)C(=O)[C@H]1CC[C@@H](n2c(Nc3ccc(F)cc3F)nc3cnc(N[C@H]4CC[C@H](N)CC4)nc32)CC1. The Balaban J connectivity index is 1.40. The molecule has 0 atom stereocenters. The summed E-state index contributed by atoms with van der Waals surface area (Å²) in [4.78, 5) is 31.5. The number of rotatable bonds is 10. The number of carbonyl (C=O) groups is 1. The Hall–Kier alpha value is -3.38. The minimum Gasteiger partial charge on any atom is -0.351 e. The first-order chi connectivity index (χ1) is 20.2. The third-order valence-corrected chi connectivity index (χ3v) is 8.64. The molecule has 2 heterocycles. The number of aromatic nitrogens is 4. The van der Waals surface area contributed by atoms with Crippen molar-refractivity contribution < 1.29 is 13.6 Å². The number of hydrogen-bond acceptors (Lipinski definition) is 8. The normalized spacial score (nSPS) is 22.8. The van der Waals surface area contributed by atoms with Crippen molar-refractivity contribution in [3.63, 3.8) is 0 Å². The number of nitrogens with two attached hydrogens (primary N) is 1. The van der Waals surface area contributed by atoms with E-state index >= 15 is 0 Å². The summed E-state index contributed by atoms with van der Waals surface area (Å²) >= 11 is 0. The molecule has 2 saturated carbocycles. The molecule has 0 radical (unpaired) electrons. The summed E-state index contributed by atoms with van der Waals surface area (Å²) in [7, 11) is 4.02. The fourth-order valence-electron chi connectivity index (χ4n) is 6.14. The molecule has 2 aliphatic carbocycles. The predicted octanol–water partition coefficient (Wildman–Crippen LogP) is 4.67. The van der Waals surface area contributed by atoms with E-state index in [2.05, 4.69) is 20.5 Å². The minimum absolute atomic E-state index is 0.00246. The van der Waals surface area contributed by atoms with Crippen LogP contribution in [0.1, 0.15) is 64.3 Å². The van der Waals surface area contributed by atoms with Gasteiger partial charge in [0.05, 0.1) is 11.9 Å². The van der Waals surface area contributed by atoms with Crippen LogP contribution in [0.15, 0.2) is 24.4 Å². The molecule has 2 aliphatic rings. The molecule has 12 heteroatoms. The molecule has 2 aromatic heterocycles. The fraction of sp³-hybridized carbons (Fsp3) is 0.600. The summed E-state index contributed by atoms with van der Waals surface area (Å²) in [6.07, 6.45) is 8.50. The first kappa shape index (κ1) is 30.1. The van der Waals surface area contributed by atoms with Gasteiger partial charge in [0.1, 0.15) is 17.2 Å². The third kappa shape index (κ3) is 6.97. The van der Waals surface area contributed by atoms with Gasteiger partial charge in [0.15, 0.2) is 5.65 Å². The minimum atomic E-state index is -0.704. The molecular formula is C30H43F2N9O. The highest BCUT2D eigenvalue weighted by molar-refractivity contribution is 5.79. The van der Waals surface area contributed by atoms with Crippen LogP contribution in [-0.4, -0.2) is 81.0 Å². The van der Waals surface area contributed by atoms with E-state index in [-0.39, 0.29) is 35.6 Å². The van der Waals surface area contributed by atoms with Crippen molar-refractivity contribution in [2.45, 2.75) is 76.4 Å². The Labute approximate surface area is 246 Å². The van der Waals surface area contributed by atoms with Crippen molar-refractivity contribution in [2.24, 2.45) is 11.7 Å². The van der Waals surface area contributed by atoms with Gasteiger partial charge in [0.2, 0.25) is 17.8 Å². The summed E-state index contributed by atoms with van der Waals surface area (Å²) in [6.45, 7) is 4.26. The number of halogens is 2. The van der Waals surface area contributed by atoms with Crippen molar-refractivity contribution in [3.05, 3.63) is 36.0 Å². The zero-order valence-electron chi connectivity index (χ0n) is 24.8. The number of likely N-dealkylation sites (N-methyl/N-ethyl adjacent to an activating group) is 2. The Morgan fingerprint density at radius 1 is 1.05 bits per heavy atom. The number of hydrogen-bond donors (Lipinski definition) is 3. The number of amides is 1.